The van der Waals surface area contributed by atoms with E-state index in [-0.39, 0.29) is 0 Å². The molecule has 1 aliphatic carbocycles. The molecule has 3 rings (SSSR count). The summed E-state index contributed by atoms with van der Waals surface area (Å²) in [6, 6.07) is 18.1. The van der Waals surface area contributed by atoms with Crippen molar-refractivity contribution in [1.29, 1.82) is 0 Å². The Hall–Kier alpha value is -2.12. The van der Waals surface area contributed by atoms with Gasteiger partial charge in [0.25, 0.3) is 0 Å². The average molecular weight is 403 g/mol. The van der Waals surface area contributed by atoms with Crippen LogP contribution in [0, 0.1) is 5.92 Å². The molecule has 1 fully saturated rings. The van der Waals surface area contributed by atoms with Gasteiger partial charge >= 0.3 is 0 Å². The van der Waals surface area contributed by atoms with Gasteiger partial charge in [0, 0.05) is 6.61 Å². The molecule has 1 heteroatoms. The number of benzene rings is 2. The molecule has 0 saturated heterocycles. The molecular formula is C29H38O. The molecule has 0 aromatic heterocycles. The van der Waals surface area contributed by atoms with E-state index in [0.29, 0.717) is 6.61 Å². The fourth-order valence-corrected chi connectivity index (χ4v) is 4.60. The Labute approximate surface area is 183 Å². The van der Waals surface area contributed by atoms with E-state index in [1.54, 1.807) is 0 Å². The molecule has 0 amide bonds. The zero-order valence-electron chi connectivity index (χ0n) is 18.5. The van der Waals surface area contributed by atoms with E-state index in [4.69, 9.17) is 4.74 Å². The van der Waals surface area contributed by atoms with Gasteiger partial charge in [-0.1, -0.05) is 67.1 Å². The van der Waals surface area contributed by atoms with E-state index in [2.05, 4.69) is 67.8 Å². The summed E-state index contributed by atoms with van der Waals surface area (Å²) in [5, 5.41) is 0. The monoisotopic (exact) mass is 402 g/mol. The summed E-state index contributed by atoms with van der Waals surface area (Å²) < 4.78 is 5.73. The molecule has 160 valence electrons. The summed E-state index contributed by atoms with van der Waals surface area (Å²) >= 11 is 0. The standard InChI is InChI=1S/C29H38O/c1-3-5-7-9-24-10-14-26(15-11-24)28-18-20-29(21-19-28)27-16-12-25(13-17-27)23-30-22-8-6-4-2/h3-4,12-13,16-21,24,26H,1-2,5-11,14-15,22-23H2/t24-,26-. The van der Waals surface area contributed by atoms with E-state index >= 15 is 0 Å². The third-order valence-electron chi connectivity index (χ3n) is 6.50. The molecule has 0 unspecified atom stereocenters. The number of hydrogen-bond donors (Lipinski definition) is 0. The number of hydrogen-bond acceptors (Lipinski definition) is 1. The molecule has 1 aliphatic rings. The Balaban J connectivity index is 1.47. The van der Waals surface area contributed by atoms with Crippen molar-refractivity contribution in [2.45, 2.75) is 70.3 Å². The molecule has 0 bridgehead atoms. The maximum absolute atomic E-state index is 5.73. The Bertz CT molecular complexity index is 748. The Morgan fingerprint density at radius 1 is 0.767 bits per heavy atom. The van der Waals surface area contributed by atoms with Gasteiger partial charge in [-0.3, -0.25) is 0 Å². The first-order valence-corrected chi connectivity index (χ1v) is 11.8. The fourth-order valence-electron chi connectivity index (χ4n) is 4.60. The minimum Gasteiger partial charge on any atom is -0.377 e. The van der Waals surface area contributed by atoms with Gasteiger partial charge in [-0.15, -0.1) is 13.2 Å². The zero-order chi connectivity index (χ0) is 21.0. The lowest BCUT2D eigenvalue weighted by Gasteiger charge is -2.29. The first-order valence-electron chi connectivity index (χ1n) is 11.8. The Kier molecular flexibility index (Phi) is 9.44. The van der Waals surface area contributed by atoms with E-state index in [1.165, 1.54) is 67.2 Å². The normalized spacial score (nSPS) is 18.8. The van der Waals surface area contributed by atoms with Crippen molar-refractivity contribution in [3.8, 4) is 11.1 Å². The van der Waals surface area contributed by atoms with Crippen LogP contribution in [0.25, 0.3) is 11.1 Å². The predicted octanol–water partition coefficient (Wildman–Crippen LogP) is 8.47. The van der Waals surface area contributed by atoms with Gasteiger partial charge in [0.1, 0.15) is 0 Å². The molecule has 0 spiro atoms. The van der Waals surface area contributed by atoms with Gasteiger partial charge in [-0.05, 0) is 85.5 Å². The van der Waals surface area contributed by atoms with Crippen LogP contribution in [0.3, 0.4) is 0 Å². The van der Waals surface area contributed by atoms with E-state index in [9.17, 15) is 0 Å². The largest absolute Gasteiger partial charge is 0.377 e. The maximum atomic E-state index is 5.73. The van der Waals surface area contributed by atoms with Crippen molar-refractivity contribution < 1.29 is 4.74 Å². The van der Waals surface area contributed by atoms with Crippen LogP contribution >= 0.6 is 0 Å². The Morgan fingerprint density at radius 3 is 2.00 bits per heavy atom. The number of allylic oxidation sites excluding steroid dienone is 2. The van der Waals surface area contributed by atoms with Crippen LogP contribution in [-0.4, -0.2) is 6.61 Å². The molecule has 0 aliphatic heterocycles. The van der Waals surface area contributed by atoms with Gasteiger partial charge in [0.2, 0.25) is 0 Å². The quantitative estimate of drug-likeness (QED) is 0.255. The van der Waals surface area contributed by atoms with Gasteiger partial charge < -0.3 is 4.74 Å². The second kappa shape index (κ2) is 12.5. The molecule has 0 atom stereocenters. The molecule has 0 heterocycles. The van der Waals surface area contributed by atoms with Crippen molar-refractivity contribution in [1.82, 2.24) is 0 Å². The Morgan fingerprint density at radius 2 is 1.37 bits per heavy atom. The third-order valence-corrected chi connectivity index (χ3v) is 6.50. The lowest BCUT2D eigenvalue weighted by molar-refractivity contribution is 0.119. The second-order valence-corrected chi connectivity index (χ2v) is 8.74. The number of rotatable bonds is 12. The van der Waals surface area contributed by atoms with Gasteiger partial charge in [-0.2, -0.15) is 0 Å². The minimum absolute atomic E-state index is 0.687. The van der Waals surface area contributed by atoms with E-state index < -0.39 is 0 Å². The number of unbranched alkanes of at least 4 members (excludes halogenated alkanes) is 2. The number of ether oxygens (including phenoxy) is 1. The van der Waals surface area contributed by atoms with E-state index in [1.807, 2.05) is 6.08 Å². The van der Waals surface area contributed by atoms with E-state index in [0.717, 1.165) is 31.3 Å². The summed E-state index contributed by atoms with van der Waals surface area (Å²) in [4.78, 5) is 0. The van der Waals surface area contributed by atoms with Crippen LogP contribution in [0.4, 0.5) is 0 Å². The minimum atomic E-state index is 0.687. The molecule has 0 radical (unpaired) electrons. The zero-order valence-corrected chi connectivity index (χ0v) is 18.5. The fraction of sp³-hybridized carbons (Fsp3) is 0.448. The third kappa shape index (κ3) is 6.99. The molecule has 1 nitrogen and oxygen atoms in total. The maximum Gasteiger partial charge on any atom is 0.0716 e. The van der Waals surface area contributed by atoms with Crippen molar-refractivity contribution in [2.24, 2.45) is 5.92 Å². The lowest BCUT2D eigenvalue weighted by atomic mass is 9.77. The lowest BCUT2D eigenvalue weighted by Crippen LogP contribution is -2.13. The summed E-state index contributed by atoms with van der Waals surface area (Å²) in [6.07, 6.45) is 15.4. The van der Waals surface area contributed by atoms with Crippen molar-refractivity contribution >= 4 is 0 Å². The van der Waals surface area contributed by atoms with Crippen LogP contribution < -0.4 is 0 Å². The van der Waals surface area contributed by atoms with Crippen LogP contribution in [0.15, 0.2) is 73.8 Å². The van der Waals surface area contributed by atoms with Crippen molar-refractivity contribution in [2.75, 3.05) is 6.61 Å². The predicted molar refractivity (Wildman–Crippen MR) is 130 cm³/mol. The van der Waals surface area contributed by atoms with Crippen molar-refractivity contribution in [3.05, 3.63) is 85.0 Å². The average Bonchev–Trinajstić information content (AvgIpc) is 2.80. The molecule has 1 saturated carbocycles. The molecule has 0 N–H and O–H groups in total. The second-order valence-electron chi connectivity index (χ2n) is 8.74. The van der Waals surface area contributed by atoms with Gasteiger partial charge in [-0.25, -0.2) is 0 Å². The molecule has 2 aromatic rings. The molecule has 30 heavy (non-hydrogen) atoms. The molecule has 2 aromatic carbocycles. The van der Waals surface area contributed by atoms with Gasteiger partial charge in [0.15, 0.2) is 0 Å². The van der Waals surface area contributed by atoms with Crippen LogP contribution in [0.2, 0.25) is 0 Å². The summed E-state index contributed by atoms with van der Waals surface area (Å²) in [6.45, 7) is 9.07. The van der Waals surface area contributed by atoms with Crippen molar-refractivity contribution in [3.63, 3.8) is 0 Å². The summed E-state index contributed by atoms with van der Waals surface area (Å²) in [7, 11) is 0. The first kappa shape index (κ1) is 22.6. The smallest absolute Gasteiger partial charge is 0.0716 e. The van der Waals surface area contributed by atoms with Crippen LogP contribution in [0.5, 0.6) is 0 Å². The first-order chi connectivity index (χ1) is 14.8. The summed E-state index contributed by atoms with van der Waals surface area (Å²) in [5.41, 5.74) is 5.34. The van der Waals surface area contributed by atoms with Crippen LogP contribution in [-0.2, 0) is 11.3 Å². The molecular weight excluding hydrogens is 364 g/mol. The highest BCUT2D eigenvalue weighted by atomic mass is 16.5. The summed E-state index contributed by atoms with van der Waals surface area (Å²) in [5.74, 6) is 1.68. The highest BCUT2D eigenvalue weighted by Crippen LogP contribution is 2.38. The van der Waals surface area contributed by atoms with Gasteiger partial charge in [0.05, 0.1) is 6.61 Å². The highest BCUT2D eigenvalue weighted by molar-refractivity contribution is 5.64. The topological polar surface area (TPSA) is 9.23 Å². The SMILES string of the molecule is C=CCCCOCc1ccc(-c2ccc([C@H]3CC[C@H](CCCC=C)CC3)cc2)cc1. The van der Waals surface area contributed by atoms with Crippen LogP contribution in [0.1, 0.15) is 74.8 Å². The highest BCUT2D eigenvalue weighted by Gasteiger charge is 2.21.